The number of anilines is 1. The van der Waals surface area contributed by atoms with Crippen LogP contribution >= 0.6 is 11.8 Å². The van der Waals surface area contributed by atoms with E-state index in [-0.39, 0.29) is 11.2 Å². The lowest BCUT2D eigenvalue weighted by molar-refractivity contribution is -0.115. The summed E-state index contributed by atoms with van der Waals surface area (Å²) in [5.41, 5.74) is 0.680. The first-order valence-electron chi connectivity index (χ1n) is 7.01. The van der Waals surface area contributed by atoms with E-state index in [0.717, 1.165) is 23.9 Å². The Morgan fingerprint density at radius 1 is 1.17 bits per heavy atom. The summed E-state index contributed by atoms with van der Waals surface area (Å²) in [6.07, 6.45) is 0. The van der Waals surface area contributed by atoms with E-state index in [2.05, 4.69) is 15.3 Å². The molecule has 0 aliphatic heterocycles. The number of benzene rings is 2. The number of hydrogen-bond donors (Lipinski definition) is 2. The average Bonchev–Trinajstić information content (AvgIpc) is 2.91. The third-order valence-electron chi connectivity index (χ3n) is 3.29. The molecule has 1 atom stereocenters. The summed E-state index contributed by atoms with van der Waals surface area (Å²) in [6.45, 7) is 1.62. The van der Waals surface area contributed by atoms with Gasteiger partial charge in [0.1, 0.15) is 5.82 Å². The maximum atomic E-state index is 13.5. The van der Waals surface area contributed by atoms with Gasteiger partial charge >= 0.3 is 0 Å². The highest BCUT2D eigenvalue weighted by molar-refractivity contribution is 8.00. The number of para-hydroxylation sites is 1. The van der Waals surface area contributed by atoms with Gasteiger partial charge in [-0.05, 0) is 19.1 Å². The summed E-state index contributed by atoms with van der Waals surface area (Å²) in [4.78, 5) is 19.1. The van der Waals surface area contributed by atoms with Crippen LogP contribution in [0.25, 0.3) is 11.0 Å². The molecule has 0 radical (unpaired) electrons. The third kappa shape index (κ3) is 3.38. The molecule has 0 saturated heterocycles. The van der Waals surface area contributed by atoms with Gasteiger partial charge in [-0.25, -0.2) is 18.2 Å². The van der Waals surface area contributed by atoms with Crippen LogP contribution in [-0.2, 0) is 4.79 Å². The van der Waals surface area contributed by atoms with E-state index >= 15 is 0 Å². The van der Waals surface area contributed by atoms with Crippen LogP contribution in [-0.4, -0.2) is 21.1 Å². The van der Waals surface area contributed by atoms with Gasteiger partial charge < -0.3 is 10.3 Å². The van der Waals surface area contributed by atoms with Crippen molar-refractivity contribution in [1.29, 1.82) is 0 Å². The van der Waals surface area contributed by atoms with Crippen molar-refractivity contribution in [2.24, 2.45) is 0 Å². The maximum Gasteiger partial charge on any atom is 0.237 e. The molecule has 0 aliphatic carbocycles. The van der Waals surface area contributed by atoms with Crippen molar-refractivity contribution >= 4 is 34.4 Å². The van der Waals surface area contributed by atoms with Gasteiger partial charge in [0.25, 0.3) is 0 Å². The van der Waals surface area contributed by atoms with E-state index in [1.807, 2.05) is 0 Å². The molecule has 1 aromatic heterocycles. The Morgan fingerprint density at radius 3 is 2.62 bits per heavy atom. The Morgan fingerprint density at radius 2 is 1.88 bits per heavy atom. The van der Waals surface area contributed by atoms with Gasteiger partial charge in [-0.15, -0.1) is 0 Å². The van der Waals surface area contributed by atoms with Crippen LogP contribution in [0, 0.1) is 17.5 Å². The third-order valence-corrected chi connectivity index (χ3v) is 4.28. The van der Waals surface area contributed by atoms with Gasteiger partial charge in [-0.2, -0.15) is 0 Å². The quantitative estimate of drug-likeness (QED) is 0.696. The Hall–Kier alpha value is -2.48. The Bertz CT molecular complexity index is 874. The van der Waals surface area contributed by atoms with E-state index in [1.54, 1.807) is 13.0 Å². The number of H-pyrrole nitrogens is 1. The second-order valence-electron chi connectivity index (χ2n) is 5.05. The highest BCUT2D eigenvalue weighted by atomic mass is 32.2. The van der Waals surface area contributed by atoms with Crippen LogP contribution in [0.15, 0.2) is 41.6 Å². The van der Waals surface area contributed by atoms with Crippen LogP contribution in [0.5, 0.6) is 0 Å². The Balaban J connectivity index is 1.73. The Kier molecular flexibility index (Phi) is 4.48. The lowest BCUT2D eigenvalue weighted by Crippen LogP contribution is -2.23. The zero-order valence-corrected chi connectivity index (χ0v) is 13.3. The molecule has 24 heavy (non-hydrogen) atoms. The first-order chi connectivity index (χ1) is 11.4. The molecule has 8 heteroatoms. The molecule has 1 heterocycles. The minimum absolute atomic E-state index is 0.0868. The number of amides is 1. The van der Waals surface area contributed by atoms with E-state index in [9.17, 15) is 18.0 Å². The van der Waals surface area contributed by atoms with Crippen molar-refractivity contribution in [3.8, 4) is 0 Å². The van der Waals surface area contributed by atoms with Crippen LogP contribution < -0.4 is 5.32 Å². The summed E-state index contributed by atoms with van der Waals surface area (Å²) >= 11 is 1.07. The molecular formula is C16H12F3N3OS. The number of aromatic nitrogens is 2. The fraction of sp³-hybridized carbons (Fsp3) is 0.125. The van der Waals surface area contributed by atoms with Gasteiger partial charge in [0, 0.05) is 12.1 Å². The topological polar surface area (TPSA) is 57.8 Å². The van der Waals surface area contributed by atoms with Crippen LogP contribution in [0.3, 0.4) is 0 Å². The number of halogens is 3. The molecule has 1 amide bonds. The van der Waals surface area contributed by atoms with E-state index in [4.69, 9.17) is 0 Å². The second-order valence-corrected chi connectivity index (χ2v) is 6.38. The zero-order chi connectivity index (χ0) is 17.3. The van der Waals surface area contributed by atoms with Crippen molar-refractivity contribution in [3.05, 3.63) is 53.8 Å². The number of aromatic amines is 1. The second kappa shape index (κ2) is 6.56. The number of hydrogen-bond acceptors (Lipinski definition) is 3. The van der Waals surface area contributed by atoms with Crippen molar-refractivity contribution < 1.29 is 18.0 Å². The molecule has 3 aromatic rings. The fourth-order valence-electron chi connectivity index (χ4n) is 2.06. The summed E-state index contributed by atoms with van der Waals surface area (Å²) < 4.78 is 39.9. The smallest absolute Gasteiger partial charge is 0.237 e. The summed E-state index contributed by atoms with van der Waals surface area (Å²) in [7, 11) is 0. The molecule has 0 bridgehead atoms. The van der Waals surface area contributed by atoms with Crippen molar-refractivity contribution in [3.63, 3.8) is 0 Å². The predicted octanol–water partition coefficient (Wildman–Crippen LogP) is 4.10. The zero-order valence-electron chi connectivity index (χ0n) is 12.4. The number of thioether (sulfide) groups is 1. The number of imidazole rings is 1. The molecule has 4 nitrogen and oxygen atoms in total. The molecule has 0 spiro atoms. The fourth-order valence-corrected chi connectivity index (χ4v) is 2.88. The monoisotopic (exact) mass is 351 g/mol. The summed E-state index contributed by atoms with van der Waals surface area (Å²) in [6, 6.07) is 7.82. The first-order valence-corrected chi connectivity index (χ1v) is 7.89. The highest BCUT2D eigenvalue weighted by Gasteiger charge is 2.18. The van der Waals surface area contributed by atoms with Crippen LogP contribution in [0.1, 0.15) is 6.92 Å². The molecule has 0 fully saturated rings. The number of nitrogens with zero attached hydrogens (tertiary/aromatic N) is 1. The van der Waals surface area contributed by atoms with Crippen molar-refractivity contribution in [2.45, 2.75) is 17.3 Å². The van der Waals surface area contributed by atoms with Gasteiger partial charge in [0.05, 0.1) is 22.0 Å². The van der Waals surface area contributed by atoms with Gasteiger partial charge in [0.15, 0.2) is 16.8 Å². The minimum Gasteiger partial charge on any atom is -0.333 e. The van der Waals surface area contributed by atoms with E-state index in [0.29, 0.717) is 10.7 Å². The molecule has 124 valence electrons. The normalized spacial score (nSPS) is 12.3. The minimum atomic E-state index is -0.990. The Labute approximate surface area is 139 Å². The number of rotatable bonds is 4. The lowest BCUT2D eigenvalue weighted by Gasteiger charge is -2.10. The lowest BCUT2D eigenvalue weighted by atomic mass is 10.3. The molecular weight excluding hydrogens is 339 g/mol. The number of carbonyl (C=O) groups is 1. The SMILES string of the molecule is CC(Sc1nc2cc(F)c(F)cc2[nH]1)C(=O)Nc1ccccc1F. The molecule has 0 saturated carbocycles. The van der Waals surface area contributed by atoms with E-state index in [1.165, 1.54) is 18.2 Å². The molecule has 0 aliphatic rings. The number of nitrogens with one attached hydrogen (secondary N) is 2. The summed E-state index contributed by atoms with van der Waals surface area (Å²) in [5, 5.41) is 2.23. The first kappa shape index (κ1) is 16.4. The van der Waals surface area contributed by atoms with Gasteiger partial charge in [-0.1, -0.05) is 23.9 Å². The van der Waals surface area contributed by atoms with E-state index < -0.39 is 28.6 Å². The summed E-state index contributed by atoms with van der Waals surface area (Å²) in [5.74, 6) is -2.91. The number of fused-ring (bicyclic) bond motifs is 1. The largest absolute Gasteiger partial charge is 0.333 e. The van der Waals surface area contributed by atoms with Gasteiger partial charge in [-0.3, -0.25) is 4.79 Å². The molecule has 2 N–H and O–H groups in total. The van der Waals surface area contributed by atoms with Crippen LogP contribution in [0.4, 0.5) is 18.9 Å². The van der Waals surface area contributed by atoms with Crippen molar-refractivity contribution in [2.75, 3.05) is 5.32 Å². The average molecular weight is 351 g/mol. The number of carbonyl (C=O) groups excluding carboxylic acids is 1. The highest BCUT2D eigenvalue weighted by Crippen LogP contribution is 2.25. The van der Waals surface area contributed by atoms with Gasteiger partial charge in [0.2, 0.25) is 5.91 Å². The molecule has 3 rings (SSSR count). The van der Waals surface area contributed by atoms with Crippen LogP contribution in [0.2, 0.25) is 0 Å². The predicted molar refractivity (Wildman–Crippen MR) is 86.4 cm³/mol. The maximum absolute atomic E-state index is 13.5. The van der Waals surface area contributed by atoms with Crippen molar-refractivity contribution in [1.82, 2.24) is 9.97 Å². The standard InChI is InChI=1S/C16H12F3N3OS/c1-8(15(23)20-12-5-3-2-4-9(12)17)24-16-21-13-6-10(18)11(19)7-14(13)22-16/h2-8H,1H3,(H,20,23)(H,21,22). The molecule has 1 unspecified atom stereocenters. The molecule has 2 aromatic carbocycles.